The Kier molecular flexibility index (Phi) is 4.88. The van der Waals surface area contributed by atoms with E-state index >= 15 is 0 Å². The normalized spacial score (nSPS) is 20.5. The van der Waals surface area contributed by atoms with Gasteiger partial charge < -0.3 is 19.6 Å². The lowest BCUT2D eigenvalue weighted by Crippen LogP contribution is -2.37. The van der Waals surface area contributed by atoms with Gasteiger partial charge in [0.05, 0.1) is 20.0 Å². The summed E-state index contributed by atoms with van der Waals surface area (Å²) in [5, 5.41) is 2.28. The van der Waals surface area contributed by atoms with Crippen LogP contribution in [0.1, 0.15) is 13.8 Å². The molecule has 2 rings (SSSR count). The maximum Gasteiger partial charge on any atom is 0.143 e. The molecule has 4 nitrogen and oxygen atoms in total. The van der Waals surface area contributed by atoms with E-state index < -0.39 is 0 Å². The van der Waals surface area contributed by atoms with Gasteiger partial charge in [-0.25, -0.2) is 0 Å². The van der Waals surface area contributed by atoms with Gasteiger partial charge in [-0.3, -0.25) is 0 Å². The Morgan fingerprint density at radius 2 is 1.00 bits per heavy atom. The summed E-state index contributed by atoms with van der Waals surface area (Å²) in [6.45, 7) is 7.60. The van der Waals surface area contributed by atoms with Gasteiger partial charge in [0.2, 0.25) is 0 Å². The van der Waals surface area contributed by atoms with Crippen molar-refractivity contribution >= 4 is 46.4 Å². The van der Waals surface area contributed by atoms with Crippen molar-refractivity contribution in [2.24, 2.45) is 0 Å². The van der Waals surface area contributed by atoms with Crippen molar-refractivity contribution in [2.75, 3.05) is 33.1 Å². The van der Waals surface area contributed by atoms with E-state index in [4.69, 9.17) is 46.4 Å². The predicted molar refractivity (Wildman–Crippen MR) is 80.5 cm³/mol. The number of hydrogen-bond donors (Lipinski definition) is 0. The van der Waals surface area contributed by atoms with Gasteiger partial charge in [0, 0.05) is 13.1 Å². The molecule has 19 heavy (non-hydrogen) atoms. The van der Waals surface area contributed by atoms with Gasteiger partial charge in [0.15, 0.2) is 0 Å². The van der Waals surface area contributed by atoms with Crippen LogP contribution >= 0.6 is 46.4 Å². The first-order chi connectivity index (χ1) is 8.99. The molecule has 0 N–H and O–H groups in total. The Hall–Kier alpha value is -0.160. The highest BCUT2D eigenvalue weighted by atomic mass is 35.5. The number of rotatable bonds is 4. The van der Waals surface area contributed by atoms with Gasteiger partial charge >= 0.3 is 0 Å². The zero-order chi connectivity index (χ0) is 14.2. The van der Waals surface area contributed by atoms with Crippen LogP contribution in [0.3, 0.4) is 0 Å². The quantitative estimate of drug-likeness (QED) is 0.724. The minimum absolute atomic E-state index is 0.555. The summed E-state index contributed by atoms with van der Waals surface area (Å²) in [5.41, 5.74) is 0. The third-order valence-corrected chi connectivity index (χ3v) is 5.10. The van der Waals surface area contributed by atoms with Gasteiger partial charge in [0.25, 0.3) is 0 Å². The second-order valence-corrected chi connectivity index (χ2v) is 5.81. The topological polar surface area (TPSA) is 13.0 Å². The fraction of sp³-hybridized carbons (Fsp3) is 0.636. The summed E-state index contributed by atoms with van der Waals surface area (Å²) in [4.78, 5) is 7.94. The van der Waals surface area contributed by atoms with Crippen molar-refractivity contribution in [1.29, 1.82) is 0 Å². The summed E-state index contributed by atoms with van der Waals surface area (Å²) in [6, 6.07) is 0. The minimum atomic E-state index is 0.555. The number of halogens is 4. The highest BCUT2D eigenvalue weighted by molar-refractivity contribution is 6.39. The number of nitrogens with zero attached hydrogens (tertiary/aromatic N) is 4. The molecule has 0 spiro atoms. The zero-order valence-corrected chi connectivity index (χ0v) is 13.9. The molecule has 2 aliphatic heterocycles. The summed E-state index contributed by atoms with van der Waals surface area (Å²) >= 11 is 24.8. The van der Waals surface area contributed by atoms with Crippen LogP contribution < -0.4 is 0 Å². The Labute approximate surface area is 133 Å². The molecular weight excluding hydrogens is 330 g/mol. The average molecular weight is 346 g/mol. The molecule has 2 aliphatic rings. The van der Waals surface area contributed by atoms with Crippen molar-refractivity contribution < 1.29 is 0 Å². The van der Waals surface area contributed by atoms with Crippen LogP contribution in [0.15, 0.2) is 20.6 Å². The third-order valence-electron chi connectivity index (χ3n) is 3.24. The monoisotopic (exact) mass is 344 g/mol. The fourth-order valence-electron chi connectivity index (χ4n) is 2.08. The van der Waals surface area contributed by atoms with Gasteiger partial charge in [-0.1, -0.05) is 46.4 Å². The lowest BCUT2D eigenvalue weighted by atomic mass is 10.6. The summed E-state index contributed by atoms with van der Waals surface area (Å²) in [5.74, 6) is 0. The Bertz CT molecular complexity index is 385. The zero-order valence-electron chi connectivity index (χ0n) is 10.8. The molecule has 108 valence electrons. The van der Waals surface area contributed by atoms with Crippen LogP contribution in [0, 0.1) is 0 Å². The van der Waals surface area contributed by atoms with Crippen molar-refractivity contribution in [2.45, 2.75) is 13.8 Å². The maximum absolute atomic E-state index is 6.23. The third kappa shape index (κ3) is 2.82. The molecule has 0 unspecified atom stereocenters. The molecule has 0 amide bonds. The Balaban J connectivity index is 2.05. The summed E-state index contributed by atoms with van der Waals surface area (Å²) < 4.78 is 0. The van der Waals surface area contributed by atoms with Crippen molar-refractivity contribution in [3.63, 3.8) is 0 Å². The van der Waals surface area contributed by atoms with E-state index in [1.54, 1.807) is 0 Å². The van der Waals surface area contributed by atoms with Crippen molar-refractivity contribution in [3.8, 4) is 0 Å². The fourth-order valence-corrected chi connectivity index (χ4v) is 3.12. The molecular formula is C11H16Cl4N4. The average Bonchev–Trinajstić information content (AvgIpc) is 2.83. The minimum Gasteiger partial charge on any atom is -0.342 e. The molecule has 8 heteroatoms. The predicted octanol–water partition coefficient (Wildman–Crippen LogP) is 3.34. The molecule has 0 saturated carbocycles. The Morgan fingerprint density at radius 3 is 1.26 bits per heavy atom. The molecule has 0 bridgehead atoms. The van der Waals surface area contributed by atoms with Gasteiger partial charge in [0.1, 0.15) is 20.6 Å². The summed E-state index contributed by atoms with van der Waals surface area (Å²) in [6.07, 6.45) is 0. The van der Waals surface area contributed by atoms with Gasteiger partial charge in [-0.05, 0) is 13.8 Å². The molecule has 0 aromatic heterocycles. The molecule has 0 atom stereocenters. The second kappa shape index (κ2) is 6.08. The maximum atomic E-state index is 6.23. The van der Waals surface area contributed by atoms with Crippen LogP contribution in [0.2, 0.25) is 0 Å². The van der Waals surface area contributed by atoms with E-state index in [-0.39, 0.29) is 0 Å². The lowest BCUT2D eigenvalue weighted by molar-refractivity contribution is 0.160. The highest BCUT2D eigenvalue weighted by Crippen LogP contribution is 2.33. The first kappa shape index (κ1) is 15.2. The molecule has 0 saturated heterocycles. The van der Waals surface area contributed by atoms with Crippen LogP contribution in [0.5, 0.6) is 0 Å². The van der Waals surface area contributed by atoms with E-state index in [0.717, 1.165) is 13.1 Å². The lowest BCUT2D eigenvalue weighted by Gasteiger charge is -2.28. The van der Waals surface area contributed by atoms with Crippen LogP contribution in [0.25, 0.3) is 0 Å². The van der Waals surface area contributed by atoms with E-state index in [9.17, 15) is 0 Å². The Morgan fingerprint density at radius 1 is 0.684 bits per heavy atom. The number of hydrogen-bond acceptors (Lipinski definition) is 4. The van der Waals surface area contributed by atoms with E-state index in [0.29, 0.717) is 40.6 Å². The summed E-state index contributed by atoms with van der Waals surface area (Å²) in [7, 11) is 0. The largest absolute Gasteiger partial charge is 0.342 e. The highest BCUT2D eigenvalue weighted by Gasteiger charge is 2.31. The standard InChI is InChI=1S/C11H16Cl4N4/c1-3-16-5-18(10(14)8(16)12)7-19-6-17(4-2)9(13)11(19)15/h3-7H2,1-2H3. The first-order valence-corrected chi connectivity index (χ1v) is 7.61. The molecule has 2 heterocycles. The molecule has 0 radical (unpaired) electrons. The molecule has 0 aliphatic carbocycles. The molecule has 0 aromatic rings. The van der Waals surface area contributed by atoms with E-state index in [1.807, 2.05) is 33.4 Å². The molecule has 0 aromatic carbocycles. The van der Waals surface area contributed by atoms with E-state index in [2.05, 4.69) is 0 Å². The SMILES string of the molecule is CCN1CN(CN2CN(CC)C(Cl)=C2Cl)C(Cl)=C1Cl. The van der Waals surface area contributed by atoms with E-state index in [1.165, 1.54) is 0 Å². The van der Waals surface area contributed by atoms with Crippen LogP contribution in [-0.2, 0) is 0 Å². The smallest absolute Gasteiger partial charge is 0.143 e. The van der Waals surface area contributed by atoms with Crippen LogP contribution in [-0.4, -0.2) is 52.7 Å². The first-order valence-electron chi connectivity index (χ1n) is 6.09. The molecule has 0 fully saturated rings. The van der Waals surface area contributed by atoms with Crippen molar-refractivity contribution in [1.82, 2.24) is 19.6 Å². The van der Waals surface area contributed by atoms with Crippen LogP contribution in [0.4, 0.5) is 0 Å². The van der Waals surface area contributed by atoms with Gasteiger partial charge in [-0.15, -0.1) is 0 Å². The second-order valence-electron chi connectivity index (χ2n) is 4.38. The van der Waals surface area contributed by atoms with Crippen molar-refractivity contribution in [3.05, 3.63) is 20.6 Å². The van der Waals surface area contributed by atoms with Gasteiger partial charge in [-0.2, -0.15) is 0 Å².